The zero-order valence-corrected chi connectivity index (χ0v) is 9.79. The van der Waals surface area contributed by atoms with Crippen LogP contribution in [-0.2, 0) is 9.53 Å². The van der Waals surface area contributed by atoms with Gasteiger partial charge in [0.2, 0.25) is 0 Å². The van der Waals surface area contributed by atoms with Gasteiger partial charge in [0.15, 0.2) is 0 Å². The normalized spacial score (nSPS) is 22.6. The quantitative estimate of drug-likeness (QED) is 0.454. The number of nitrogens with one attached hydrogen (secondary N) is 1. The van der Waals surface area contributed by atoms with Crippen molar-refractivity contribution in [3.05, 3.63) is 22.0 Å². The van der Waals surface area contributed by atoms with Crippen LogP contribution in [0.5, 0.6) is 0 Å². The summed E-state index contributed by atoms with van der Waals surface area (Å²) in [5.74, 6) is 0.575. The van der Waals surface area contributed by atoms with Crippen LogP contribution >= 0.6 is 11.8 Å². The van der Waals surface area contributed by atoms with Crippen molar-refractivity contribution in [3.63, 3.8) is 0 Å². The predicted octanol–water partition coefficient (Wildman–Crippen LogP) is 1.11. The number of ether oxygens (including phenoxy) is 1. The van der Waals surface area contributed by atoms with Crippen molar-refractivity contribution >= 4 is 17.7 Å². The number of esters is 1. The van der Waals surface area contributed by atoms with Gasteiger partial charge in [0.25, 0.3) is 6.20 Å². The molecule has 1 aliphatic rings. The first-order valence-corrected chi connectivity index (χ1v) is 5.96. The molecule has 1 unspecified atom stereocenters. The minimum atomic E-state index is -0.463. The van der Waals surface area contributed by atoms with E-state index in [9.17, 15) is 14.9 Å². The summed E-state index contributed by atoms with van der Waals surface area (Å²) in [5.41, 5.74) is 0.624. The molecule has 0 bridgehead atoms. The maximum absolute atomic E-state index is 10.9. The number of carbonyl (C=O) groups is 1. The highest BCUT2D eigenvalue weighted by Crippen LogP contribution is 2.23. The Morgan fingerprint density at radius 3 is 3.19 bits per heavy atom. The van der Waals surface area contributed by atoms with Gasteiger partial charge in [0.05, 0.1) is 23.1 Å². The first-order chi connectivity index (χ1) is 7.61. The summed E-state index contributed by atoms with van der Waals surface area (Å²) in [6.07, 6.45) is 2.60. The van der Waals surface area contributed by atoms with Crippen LogP contribution in [-0.4, -0.2) is 29.1 Å². The average Bonchev–Trinajstić information content (AvgIpc) is 2.25. The fourth-order valence-electron chi connectivity index (χ4n) is 1.37. The maximum atomic E-state index is 10.9. The molecule has 0 aromatic carbocycles. The Morgan fingerprint density at radius 2 is 2.56 bits per heavy atom. The highest BCUT2D eigenvalue weighted by molar-refractivity contribution is 7.99. The van der Waals surface area contributed by atoms with Gasteiger partial charge in [-0.3, -0.25) is 14.9 Å². The molecule has 0 aliphatic carbocycles. The van der Waals surface area contributed by atoms with Crippen molar-refractivity contribution in [1.82, 2.24) is 5.32 Å². The fraction of sp³-hybridized carbons (Fsp3) is 0.667. The number of allylic oxidation sites excluding steroid dienone is 1. The molecule has 0 amide bonds. The maximum Gasteiger partial charge on any atom is 0.305 e. The van der Waals surface area contributed by atoms with Gasteiger partial charge in [-0.15, -0.1) is 11.8 Å². The molecule has 6 nitrogen and oxygen atoms in total. The number of thioether (sulfide) groups is 1. The Kier molecular flexibility index (Phi) is 5.10. The van der Waals surface area contributed by atoms with Gasteiger partial charge in [-0.25, -0.2) is 0 Å². The van der Waals surface area contributed by atoms with Crippen molar-refractivity contribution in [2.75, 3.05) is 12.9 Å². The average molecular weight is 246 g/mol. The van der Waals surface area contributed by atoms with Crippen LogP contribution in [0.25, 0.3) is 0 Å². The lowest BCUT2D eigenvalue weighted by Gasteiger charge is -2.24. The number of carbonyl (C=O) groups excluding carboxylic acids is 1. The second-order valence-electron chi connectivity index (χ2n) is 3.31. The second-order valence-corrected chi connectivity index (χ2v) is 4.62. The summed E-state index contributed by atoms with van der Waals surface area (Å²) in [7, 11) is 1.35. The molecule has 0 aromatic heterocycles. The van der Waals surface area contributed by atoms with Crippen molar-refractivity contribution in [2.24, 2.45) is 0 Å². The van der Waals surface area contributed by atoms with Crippen LogP contribution in [0.2, 0.25) is 0 Å². The van der Waals surface area contributed by atoms with E-state index in [1.165, 1.54) is 7.11 Å². The van der Waals surface area contributed by atoms with E-state index in [4.69, 9.17) is 0 Å². The second kappa shape index (κ2) is 6.37. The lowest BCUT2D eigenvalue weighted by atomic mass is 10.2. The number of nitro groups is 1. The summed E-state index contributed by atoms with van der Waals surface area (Å²) in [5, 5.41) is 13.4. The smallest absolute Gasteiger partial charge is 0.305 e. The highest BCUT2D eigenvalue weighted by Gasteiger charge is 2.19. The molecular formula is C9H14N2O4S. The van der Waals surface area contributed by atoms with E-state index in [0.717, 1.165) is 12.0 Å². The predicted molar refractivity (Wildman–Crippen MR) is 60.3 cm³/mol. The summed E-state index contributed by atoms with van der Waals surface area (Å²) in [6, 6.07) is 0. The fourth-order valence-corrected chi connectivity index (χ4v) is 2.51. The lowest BCUT2D eigenvalue weighted by molar-refractivity contribution is -0.403. The van der Waals surface area contributed by atoms with E-state index in [1.807, 2.05) is 0 Å². The van der Waals surface area contributed by atoms with E-state index in [0.29, 0.717) is 25.0 Å². The van der Waals surface area contributed by atoms with Crippen LogP contribution in [0.15, 0.2) is 11.9 Å². The number of hydrogen-bond donors (Lipinski definition) is 1. The molecule has 1 rings (SSSR count). The standard InChI is InChI=1S/C9H14N2O4S/c1-15-9(12)3-2-8-10-7(4-5-16-8)6-11(13)14/h6,8,10H,2-5H2,1H3. The molecule has 1 aliphatic heterocycles. The number of nitrogens with zero attached hydrogens (tertiary/aromatic N) is 1. The molecule has 1 heterocycles. The largest absolute Gasteiger partial charge is 0.469 e. The third-order valence-corrected chi connectivity index (χ3v) is 3.33. The van der Waals surface area contributed by atoms with Crippen molar-refractivity contribution in [3.8, 4) is 0 Å². The van der Waals surface area contributed by atoms with Gasteiger partial charge in [-0.1, -0.05) is 0 Å². The molecule has 1 N–H and O–H groups in total. The third kappa shape index (κ3) is 4.52. The van der Waals surface area contributed by atoms with E-state index in [-0.39, 0.29) is 11.3 Å². The molecule has 1 fully saturated rings. The Labute approximate surface area is 97.6 Å². The van der Waals surface area contributed by atoms with Gasteiger partial charge in [-0.2, -0.15) is 0 Å². The molecule has 0 radical (unpaired) electrons. The first-order valence-electron chi connectivity index (χ1n) is 4.91. The Balaban J connectivity index is 2.39. The molecule has 90 valence electrons. The van der Waals surface area contributed by atoms with Gasteiger partial charge in [0, 0.05) is 18.6 Å². The Hall–Kier alpha value is -1.24. The topological polar surface area (TPSA) is 81.5 Å². The lowest BCUT2D eigenvalue weighted by Crippen LogP contribution is -2.31. The van der Waals surface area contributed by atoms with E-state index in [1.54, 1.807) is 11.8 Å². The summed E-state index contributed by atoms with van der Waals surface area (Å²) < 4.78 is 4.53. The monoisotopic (exact) mass is 246 g/mol. The number of methoxy groups -OCH3 is 1. The van der Waals surface area contributed by atoms with E-state index < -0.39 is 4.92 Å². The number of hydrogen-bond acceptors (Lipinski definition) is 6. The zero-order valence-electron chi connectivity index (χ0n) is 8.97. The highest BCUT2D eigenvalue weighted by atomic mass is 32.2. The molecule has 1 atom stereocenters. The van der Waals surface area contributed by atoms with Crippen molar-refractivity contribution < 1.29 is 14.5 Å². The van der Waals surface area contributed by atoms with Gasteiger partial charge >= 0.3 is 5.97 Å². The van der Waals surface area contributed by atoms with E-state index >= 15 is 0 Å². The van der Waals surface area contributed by atoms with Gasteiger partial charge in [0.1, 0.15) is 0 Å². The minimum absolute atomic E-state index is 0.0547. The van der Waals surface area contributed by atoms with Crippen LogP contribution in [0.1, 0.15) is 19.3 Å². The molecule has 1 saturated heterocycles. The molecule has 0 saturated carbocycles. The van der Waals surface area contributed by atoms with Crippen LogP contribution < -0.4 is 5.32 Å². The molecule has 0 aromatic rings. The molecular weight excluding hydrogens is 232 g/mol. The molecule has 0 spiro atoms. The molecule has 16 heavy (non-hydrogen) atoms. The minimum Gasteiger partial charge on any atom is -0.469 e. The Bertz CT molecular complexity index is 306. The summed E-state index contributed by atoms with van der Waals surface area (Å²) in [4.78, 5) is 20.8. The van der Waals surface area contributed by atoms with Crippen LogP contribution in [0.3, 0.4) is 0 Å². The van der Waals surface area contributed by atoms with Gasteiger partial charge < -0.3 is 10.1 Å². The summed E-state index contributed by atoms with van der Waals surface area (Å²) in [6.45, 7) is 0. The Morgan fingerprint density at radius 1 is 1.81 bits per heavy atom. The summed E-state index contributed by atoms with van der Waals surface area (Å²) >= 11 is 1.66. The zero-order chi connectivity index (χ0) is 12.0. The number of rotatable bonds is 4. The van der Waals surface area contributed by atoms with Crippen LogP contribution in [0.4, 0.5) is 0 Å². The third-order valence-electron chi connectivity index (χ3n) is 2.14. The van der Waals surface area contributed by atoms with E-state index in [2.05, 4.69) is 10.1 Å². The van der Waals surface area contributed by atoms with Gasteiger partial charge in [-0.05, 0) is 6.42 Å². The molecule has 7 heteroatoms. The van der Waals surface area contributed by atoms with Crippen molar-refractivity contribution in [2.45, 2.75) is 24.6 Å². The SMILES string of the molecule is COC(=O)CCC1NC(=C[N+](=O)[O-])CCS1. The first kappa shape index (κ1) is 12.8. The van der Waals surface area contributed by atoms with Crippen molar-refractivity contribution in [1.29, 1.82) is 0 Å². The van der Waals surface area contributed by atoms with Crippen LogP contribution in [0, 0.1) is 10.1 Å².